The first-order valence-corrected chi connectivity index (χ1v) is 11.7. The summed E-state index contributed by atoms with van der Waals surface area (Å²) in [6.07, 6.45) is 1.62. The Hall–Kier alpha value is -4.52. The van der Waals surface area contributed by atoms with Crippen LogP contribution in [0.3, 0.4) is 0 Å². The summed E-state index contributed by atoms with van der Waals surface area (Å²) in [6.45, 7) is 4.66. The largest absolute Gasteiger partial charge is 0.508 e. The van der Waals surface area contributed by atoms with E-state index in [1.165, 1.54) is 17.0 Å². The highest BCUT2D eigenvalue weighted by atomic mass is 16.5. The summed E-state index contributed by atoms with van der Waals surface area (Å²) in [6, 6.07) is 19.7. The van der Waals surface area contributed by atoms with Crippen LogP contribution >= 0.6 is 0 Å². The van der Waals surface area contributed by atoms with Gasteiger partial charge in [-0.3, -0.25) is 14.5 Å². The van der Waals surface area contributed by atoms with Gasteiger partial charge in [-0.25, -0.2) is 0 Å². The van der Waals surface area contributed by atoms with Crippen LogP contribution in [0.5, 0.6) is 11.5 Å². The minimum atomic E-state index is -0.937. The van der Waals surface area contributed by atoms with Gasteiger partial charge in [0.25, 0.3) is 11.7 Å². The summed E-state index contributed by atoms with van der Waals surface area (Å²) in [5, 5.41) is 22.3. The first-order chi connectivity index (χ1) is 17.3. The van der Waals surface area contributed by atoms with Gasteiger partial charge in [0.05, 0.1) is 18.2 Å². The highest BCUT2D eigenvalue weighted by Crippen LogP contribution is 2.43. The van der Waals surface area contributed by atoms with Crippen LogP contribution in [0.4, 0.5) is 5.69 Å². The van der Waals surface area contributed by atoms with Gasteiger partial charge in [0.1, 0.15) is 17.3 Å². The number of H-pyrrole nitrogens is 1. The Morgan fingerprint density at radius 3 is 2.50 bits per heavy atom. The number of hydrogen-bond acceptors (Lipinski definition) is 5. The van der Waals surface area contributed by atoms with E-state index in [1.54, 1.807) is 42.6 Å². The number of hydrogen-bond donors (Lipinski definition) is 3. The van der Waals surface area contributed by atoms with Crippen molar-refractivity contribution in [2.75, 3.05) is 11.5 Å². The van der Waals surface area contributed by atoms with Gasteiger partial charge in [-0.1, -0.05) is 44.2 Å². The minimum Gasteiger partial charge on any atom is -0.508 e. The van der Waals surface area contributed by atoms with Gasteiger partial charge < -0.3 is 19.9 Å². The van der Waals surface area contributed by atoms with Crippen molar-refractivity contribution in [3.8, 4) is 11.5 Å². The number of anilines is 1. The molecule has 4 aromatic rings. The number of aromatic amines is 1. The van der Waals surface area contributed by atoms with Crippen LogP contribution in [0.25, 0.3) is 16.7 Å². The van der Waals surface area contributed by atoms with Gasteiger partial charge in [-0.05, 0) is 53.9 Å². The van der Waals surface area contributed by atoms with E-state index in [2.05, 4.69) is 18.8 Å². The number of aromatic hydroxyl groups is 1. The summed E-state index contributed by atoms with van der Waals surface area (Å²) in [5.74, 6) is -0.845. The van der Waals surface area contributed by atoms with E-state index < -0.39 is 17.7 Å². The minimum absolute atomic E-state index is 0.0115. The fourth-order valence-electron chi connectivity index (χ4n) is 4.49. The SMILES string of the molecule is CC(C)COc1ccc(N2C(=O)C(=O)/C(=C(\O)c3c[nH]c4ccccc34)C2c2cccc(O)c2)cc1. The molecular formula is C29H26N2O5. The van der Waals surface area contributed by atoms with Crippen molar-refractivity contribution in [2.45, 2.75) is 19.9 Å². The number of phenols is 1. The maximum atomic E-state index is 13.4. The number of benzene rings is 3. The molecule has 0 aliphatic carbocycles. The number of aliphatic hydroxyl groups excluding tert-OH is 1. The number of rotatable bonds is 6. The van der Waals surface area contributed by atoms with Crippen LogP contribution in [0.2, 0.25) is 0 Å². The molecule has 2 heterocycles. The van der Waals surface area contributed by atoms with Crippen molar-refractivity contribution in [3.63, 3.8) is 0 Å². The molecule has 0 saturated carbocycles. The lowest BCUT2D eigenvalue weighted by molar-refractivity contribution is -0.132. The summed E-state index contributed by atoms with van der Waals surface area (Å²) in [5.41, 5.74) is 2.14. The quantitative estimate of drug-likeness (QED) is 0.190. The lowest BCUT2D eigenvalue weighted by atomic mass is 9.95. The number of carbonyl (C=O) groups is 2. The lowest BCUT2D eigenvalue weighted by Crippen LogP contribution is -2.29. The van der Waals surface area contributed by atoms with Crippen LogP contribution in [-0.4, -0.2) is 33.5 Å². The van der Waals surface area contributed by atoms with E-state index in [0.29, 0.717) is 35.1 Å². The number of para-hydroxylation sites is 1. The van der Waals surface area contributed by atoms with Crippen LogP contribution in [-0.2, 0) is 9.59 Å². The fraction of sp³-hybridized carbons (Fsp3) is 0.172. The summed E-state index contributed by atoms with van der Waals surface area (Å²) < 4.78 is 5.75. The van der Waals surface area contributed by atoms with Crippen LogP contribution in [0.1, 0.15) is 31.0 Å². The molecule has 0 bridgehead atoms. The van der Waals surface area contributed by atoms with Gasteiger partial charge in [0, 0.05) is 28.4 Å². The third-order valence-electron chi connectivity index (χ3n) is 6.17. The standard InChI is InChI=1S/C29H26N2O5/c1-17(2)16-36-21-12-10-19(11-13-21)31-26(18-6-5-7-20(32)14-18)25(28(34)29(31)35)27(33)23-15-30-24-9-4-3-8-22(23)24/h3-15,17,26,30,32-33H,16H2,1-2H3/b27-25-. The Kier molecular flexibility index (Phi) is 5.98. The zero-order valence-electron chi connectivity index (χ0n) is 19.9. The van der Waals surface area contributed by atoms with Crippen molar-refractivity contribution in [1.29, 1.82) is 0 Å². The van der Waals surface area contributed by atoms with Gasteiger partial charge in [0.2, 0.25) is 0 Å². The van der Waals surface area contributed by atoms with E-state index in [1.807, 2.05) is 24.3 Å². The first kappa shape index (κ1) is 23.2. The molecule has 5 rings (SSSR count). The molecule has 1 fully saturated rings. The number of carbonyl (C=O) groups excluding carboxylic acids is 2. The number of Topliss-reactive ketones (excluding diaryl/α,β-unsaturated/α-hetero) is 1. The average Bonchev–Trinajstić information content (AvgIpc) is 3.42. The topological polar surface area (TPSA) is 103 Å². The Morgan fingerprint density at radius 2 is 1.78 bits per heavy atom. The molecule has 3 aromatic carbocycles. The predicted octanol–water partition coefficient (Wildman–Crippen LogP) is 5.53. The maximum Gasteiger partial charge on any atom is 0.300 e. The van der Waals surface area contributed by atoms with Crippen LogP contribution in [0, 0.1) is 5.92 Å². The van der Waals surface area contributed by atoms with E-state index >= 15 is 0 Å². The molecule has 182 valence electrons. The third kappa shape index (κ3) is 4.09. The van der Waals surface area contributed by atoms with E-state index in [9.17, 15) is 19.8 Å². The molecule has 36 heavy (non-hydrogen) atoms. The zero-order chi connectivity index (χ0) is 25.4. The zero-order valence-corrected chi connectivity index (χ0v) is 19.9. The van der Waals surface area contributed by atoms with Crippen LogP contribution < -0.4 is 9.64 Å². The summed E-state index contributed by atoms with van der Waals surface area (Å²) in [7, 11) is 0. The molecule has 7 nitrogen and oxygen atoms in total. The van der Waals surface area contributed by atoms with Crippen molar-refractivity contribution in [2.24, 2.45) is 5.92 Å². The Morgan fingerprint density at radius 1 is 1.03 bits per heavy atom. The highest BCUT2D eigenvalue weighted by Gasteiger charge is 2.47. The molecule has 1 aromatic heterocycles. The lowest BCUT2D eigenvalue weighted by Gasteiger charge is -2.25. The van der Waals surface area contributed by atoms with Gasteiger partial charge in [-0.15, -0.1) is 0 Å². The Balaban J connectivity index is 1.65. The molecule has 3 N–H and O–H groups in total. The molecule has 1 aliphatic heterocycles. The molecule has 0 radical (unpaired) electrons. The van der Waals surface area contributed by atoms with E-state index in [0.717, 1.165) is 10.9 Å². The maximum absolute atomic E-state index is 13.4. The number of aromatic nitrogens is 1. The number of fused-ring (bicyclic) bond motifs is 1. The summed E-state index contributed by atoms with van der Waals surface area (Å²) in [4.78, 5) is 31.2. The number of ketones is 1. The number of nitrogens with zero attached hydrogens (tertiary/aromatic N) is 1. The third-order valence-corrected chi connectivity index (χ3v) is 6.17. The summed E-state index contributed by atoms with van der Waals surface area (Å²) >= 11 is 0. The molecule has 1 amide bonds. The number of phenolic OH excluding ortho intramolecular Hbond substituents is 1. The molecule has 0 spiro atoms. The van der Waals surface area contributed by atoms with Gasteiger partial charge in [-0.2, -0.15) is 0 Å². The number of aliphatic hydroxyl groups is 1. The monoisotopic (exact) mass is 482 g/mol. The van der Waals surface area contributed by atoms with Crippen molar-refractivity contribution < 1.29 is 24.5 Å². The smallest absolute Gasteiger partial charge is 0.300 e. The van der Waals surface area contributed by atoms with Crippen molar-refractivity contribution in [1.82, 2.24) is 4.98 Å². The molecule has 7 heteroatoms. The van der Waals surface area contributed by atoms with Crippen LogP contribution in [0.15, 0.2) is 84.6 Å². The van der Waals surface area contributed by atoms with E-state index in [-0.39, 0.29) is 17.1 Å². The number of ether oxygens (including phenoxy) is 1. The fourth-order valence-corrected chi connectivity index (χ4v) is 4.49. The van der Waals surface area contributed by atoms with Crippen molar-refractivity contribution >= 4 is 34.0 Å². The van der Waals surface area contributed by atoms with Gasteiger partial charge >= 0.3 is 0 Å². The van der Waals surface area contributed by atoms with Gasteiger partial charge in [0.15, 0.2) is 0 Å². The Bertz CT molecular complexity index is 1480. The molecule has 1 atom stereocenters. The second-order valence-electron chi connectivity index (χ2n) is 9.21. The number of amides is 1. The molecule has 1 aliphatic rings. The van der Waals surface area contributed by atoms with Crippen molar-refractivity contribution in [3.05, 3.63) is 95.7 Å². The highest BCUT2D eigenvalue weighted by molar-refractivity contribution is 6.51. The van der Waals surface area contributed by atoms with E-state index in [4.69, 9.17) is 4.74 Å². The Labute approximate surface area is 208 Å². The average molecular weight is 483 g/mol. The molecule has 1 saturated heterocycles. The second kappa shape index (κ2) is 9.26. The normalized spacial score (nSPS) is 17.3. The second-order valence-corrected chi connectivity index (χ2v) is 9.21. The molecule has 1 unspecified atom stereocenters. The molecular weight excluding hydrogens is 456 g/mol. The predicted molar refractivity (Wildman–Crippen MR) is 138 cm³/mol. The first-order valence-electron chi connectivity index (χ1n) is 11.7. The number of nitrogens with one attached hydrogen (secondary N) is 1.